The van der Waals surface area contributed by atoms with Crippen molar-refractivity contribution in [2.24, 2.45) is 7.05 Å². The van der Waals surface area contributed by atoms with Crippen molar-refractivity contribution in [3.63, 3.8) is 0 Å². The van der Waals surface area contributed by atoms with Crippen LogP contribution in [0.5, 0.6) is 0 Å². The first kappa shape index (κ1) is 18.7. The first-order valence-electron chi connectivity index (χ1n) is 7.45. The molecule has 0 aliphatic carbocycles. The number of aryl methyl sites for hydroxylation is 2. The molecule has 2 rings (SSSR count). The SMILES string of the molecule is CSc1nc(CS(=O)(=O)C(C)C)cc(-c2cc(C)c(=O)n(C)c2)n1. The lowest BCUT2D eigenvalue weighted by atomic mass is 10.1. The highest BCUT2D eigenvalue weighted by Gasteiger charge is 2.19. The summed E-state index contributed by atoms with van der Waals surface area (Å²) in [6, 6.07) is 3.44. The lowest BCUT2D eigenvalue weighted by Crippen LogP contribution is -2.19. The van der Waals surface area contributed by atoms with E-state index in [1.807, 2.05) is 6.26 Å². The number of thioether (sulfide) groups is 1. The van der Waals surface area contributed by atoms with E-state index >= 15 is 0 Å². The van der Waals surface area contributed by atoms with E-state index < -0.39 is 15.1 Å². The predicted molar refractivity (Wildman–Crippen MR) is 97.0 cm³/mol. The molecule has 0 saturated heterocycles. The third-order valence-electron chi connectivity index (χ3n) is 3.67. The fourth-order valence-electron chi connectivity index (χ4n) is 2.18. The normalized spacial score (nSPS) is 11.9. The van der Waals surface area contributed by atoms with Crippen LogP contribution in [0.25, 0.3) is 11.3 Å². The van der Waals surface area contributed by atoms with Gasteiger partial charge in [0.25, 0.3) is 5.56 Å². The Kier molecular flexibility index (Phi) is 5.49. The molecule has 0 spiro atoms. The van der Waals surface area contributed by atoms with Gasteiger partial charge in [-0.2, -0.15) is 0 Å². The molecule has 24 heavy (non-hydrogen) atoms. The number of hydrogen-bond acceptors (Lipinski definition) is 6. The summed E-state index contributed by atoms with van der Waals surface area (Å²) >= 11 is 1.35. The summed E-state index contributed by atoms with van der Waals surface area (Å²) in [5, 5.41) is 0.0430. The summed E-state index contributed by atoms with van der Waals surface area (Å²) in [5.74, 6) is -0.126. The molecule has 0 amide bonds. The van der Waals surface area contributed by atoms with Gasteiger partial charge in [-0.3, -0.25) is 4.79 Å². The Balaban J connectivity index is 2.56. The van der Waals surface area contributed by atoms with Crippen LogP contribution in [-0.2, 0) is 22.6 Å². The quantitative estimate of drug-likeness (QED) is 0.595. The summed E-state index contributed by atoms with van der Waals surface area (Å²) in [5.41, 5.74) is 2.37. The lowest BCUT2D eigenvalue weighted by Gasteiger charge is -2.11. The van der Waals surface area contributed by atoms with Crippen molar-refractivity contribution in [1.82, 2.24) is 14.5 Å². The van der Waals surface area contributed by atoms with Gasteiger partial charge in [-0.1, -0.05) is 11.8 Å². The van der Waals surface area contributed by atoms with E-state index in [0.29, 0.717) is 22.1 Å². The maximum atomic E-state index is 12.2. The van der Waals surface area contributed by atoms with Crippen LogP contribution in [0.3, 0.4) is 0 Å². The molecule has 0 aliphatic heterocycles. The smallest absolute Gasteiger partial charge is 0.253 e. The third kappa shape index (κ3) is 4.05. The monoisotopic (exact) mass is 367 g/mol. The van der Waals surface area contributed by atoms with Crippen LogP contribution in [0.1, 0.15) is 25.1 Å². The second kappa shape index (κ2) is 7.06. The van der Waals surface area contributed by atoms with E-state index in [2.05, 4.69) is 9.97 Å². The van der Waals surface area contributed by atoms with E-state index in [9.17, 15) is 13.2 Å². The maximum absolute atomic E-state index is 12.2. The molecule has 0 aliphatic rings. The minimum atomic E-state index is -3.25. The second-order valence-corrected chi connectivity index (χ2v) is 9.25. The average Bonchev–Trinajstić information content (AvgIpc) is 2.51. The van der Waals surface area contributed by atoms with Crippen LogP contribution in [0.15, 0.2) is 28.3 Å². The lowest BCUT2D eigenvalue weighted by molar-refractivity contribution is 0.585. The van der Waals surface area contributed by atoms with Crippen molar-refractivity contribution < 1.29 is 8.42 Å². The van der Waals surface area contributed by atoms with E-state index in [4.69, 9.17) is 0 Å². The van der Waals surface area contributed by atoms with Crippen molar-refractivity contribution in [3.8, 4) is 11.3 Å². The largest absolute Gasteiger partial charge is 0.318 e. The molecular formula is C16H21N3O3S2. The standard InChI is InChI=1S/C16H21N3O3S2/c1-10(2)24(21,22)9-13-7-14(18-16(17-13)23-5)12-6-11(3)15(20)19(4)8-12/h6-8,10H,9H2,1-5H3. The number of hydrogen-bond donors (Lipinski definition) is 0. The predicted octanol–water partition coefficient (Wildman–Crippen LogP) is 2.20. The minimum absolute atomic E-state index is 0.0690. The van der Waals surface area contributed by atoms with Gasteiger partial charge in [-0.25, -0.2) is 18.4 Å². The molecule has 0 atom stereocenters. The first-order chi connectivity index (χ1) is 11.1. The Morgan fingerprint density at radius 2 is 1.92 bits per heavy atom. The number of pyridine rings is 1. The van der Waals surface area contributed by atoms with Crippen molar-refractivity contribution >= 4 is 21.6 Å². The highest BCUT2D eigenvalue weighted by atomic mass is 32.2. The molecule has 6 nitrogen and oxygen atoms in total. The van der Waals surface area contributed by atoms with Gasteiger partial charge >= 0.3 is 0 Å². The summed E-state index contributed by atoms with van der Waals surface area (Å²) in [4.78, 5) is 20.6. The van der Waals surface area contributed by atoms with Crippen LogP contribution in [-0.4, -0.2) is 34.5 Å². The van der Waals surface area contributed by atoms with Crippen molar-refractivity contribution in [1.29, 1.82) is 0 Å². The number of rotatable bonds is 5. The van der Waals surface area contributed by atoms with E-state index in [-0.39, 0.29) is 11.3 Å². The van der Waals surface area contributed by atoms with Gasteiger partial charge in [-0.05, 0) is 39.2 Å². The third-order valence-corrected chi connectivity index (χ3v) is 6.35. The van der Waals surface area contributed by atoms with E-state index in [1.54, 1.807) is 46.1 Å². The Hall–Kier alpha value is -1.67. The van der Waals surface area contributed by atoms with E-state index in [0.717, 1.165) is 5.56 Å². The molecule has 0 radical (unpaired) electrons. The zero-order valence-electron chi connectivity index (χ0n) is 14.4. The molecule has 0 unspecified atom stereocenters. The minimum Gasteiger partial charge on any atom is -0.318 e. The van der Waals surface area contributed by atoms with Crippen molar-refractivity contribution in [2.45, 2.75) is 36.9 Å². The highest BCUT2D eigenvalue weighted by Crippen LogP contribution is 2.22. The fraction of sp³-hybridized carbons (Fsp3) is 0.438. The summed E-state index contributed by atoms with van der Waals surface area (Å²) < 4.78 is 25.9. The molecule has 2 heterocycles. The van der Waals surface area contributed by atoms with Crippen LogP contribution in [0.4, 0.5) is 0 Å². The number of sulfone groups is 1. The fourth-order valence-corrected chi connectivity index (χ4v) is 3.47. The zero-order chi connectivity index (χ0) is 18.1. The molecule has 0 bridgehead atoms. The van der Waals surface area contributed by atoms with Crippen LogP contribution in [0.2, 0.25) is 0 Å². The Labute approximate surface area is 146 Å². The highest BCUT2D eigenvalue weighted by molar-refractivity contribution is 7.98. The summed E-state index contributed by atoms with van der Waals surface area (Å²) in [7, 11) is -1.57. The second-order valence-electron chi connectivity index (χ2n) is 5.92. The summed E-state index contributed by atoms with van der Waals surface area (Å²) in [6.45, 7) is 5.05. The Morgan fingerprint density at radius 1 is 1.25 bits per heavy atom. The van der Waals surface area contributed by atoms with Gasteiger partial charge < -0.3 is 4.57 Å². The Bertz CT molecular complexity index is 892. The zero-order valence-corrected chi connectivity index (χ0v) is 16.0. The number of aromatic nitrogens is 3. The molecule has 130 valence electrons. The van der Waals surface area contributed by atoms with Crippen LogP contribution in [0, 0.1) is 6.92 Å². The van der Waals surface area contributed by atoms with Gasteiger partial charge in [0, 0.05) is 24.4 Å². The maximum Gasteiger partial charge on any atom is 0.253 e. The van der Waals surface area contributed by atoms with Crippen LogP contribution >= 0.6 is 11.8 Å². The van der Waals surface area contributed by atoms with E-state index in [1.165, 1.54) is 16.3 Å². The van der Waals surface area contributed by atoms with Gasteiger partial charge in [0.05, 0.1) is 22.4 Å². The average molecular weight is 367 g/mol. The molecule has 8 heteroatoms. The van der Waals surface area contributed by atoms with Gasteiger partial charge in [0.2, 0.25) is 0 Å². The molecule has 2 aromatic rings. The molecule has 0 aromatic carbocycles. The Morgan fingerprint density at radius 3 is 2.46 bits per heavy atom. The molecule has 0 saturated carbocycles. The van der Waals surface area contributed by atoms with Crippen LogP contribution < -0.4 is 5.56 Å². The summed E-state index contributed by atoms with van der Waals surface area (Å²) in [6.07, 6.45) is 3.54. The van der Waals surface area contributed by atoms with Gasteiger partial charge in [0.15, 0.2) is 15.0 Å². The van der Waals surface area contributed by atoms with Crippen molar-refractivity contribution in [3.05, 3.63) is 39.9 Å². The molecular weight excluding hydrogens is 346 g/mol. The topological polar surface area (TPSA) is 81.9 Å². The van der Waals surface area contributed by atoms with Crippen molar-refractivity contribution in [2.75, 3.05) is 6.26 Å². The number of nitrogens with zero attached hydrogens (tertiary/aromatic N) is 3. The van der Waals surface area contributed by atoms with Gasteiger partial charge in [0.1, 0.15) is 0 Å². The van der Waals surface area contributed by atoms with Gasteiger partial charge in [-0.15, -0.1) is 0 Å². The molecule has 2 aromatic heterocycles. The molecule has 0 N–H and O–H groups in total. The molecule has 0 fully saturated rings. The first-order valence-corrected chi connectivity index (χ1v) is 10.4.